The van der Waals surface area contributed by atoms with Crippen LogP contribution in [-0.4, -0.2) is 49.7 Å². The van der Waals surface area contributed by atoms with Gasteiger partial charge in [0.25, 0.3) is 0 Å². The zero-order valence-corrected chi connectivity index (χ0v) is 19.3. The summed E-state index contributed by atoms with van der Waals surface area (Å²) in [6.45, 7) is 0.399. The van der Waals surface area contributed by atoms with Crippen LogP contribution in [0.1, 0.15) is 0 Å². The van der Waals surface area contributed by atoms with E-state index < -0.39 is 17.9 Å². The second kappa shape index (κ2) is 9.96. The maximum absolute atomic E-state index is 13.7. The number of aliphatic imine (C=N–C) groups is 1. The number of hydrazine groups is 1. The highest BCUT2D eigenvalue weighted by Crippen LogP contribution is 2.32. The third kappa shape index (κ3) is 4.91. The minimum atomic E-state index is -0.590. The second-order valence-corrected chi connectivity index (χ2v) is 8.52. The number of halogens is 2. The molecule has 1 fully saturated rings. The van der Waals surface area contributed by atoms with E-state index in [9.17, 15) is 14.0 Å². The molecule has 0 radical (unpaired) electrons. The Morgan fingerprint density at radius 2 is 2.06 bits per heavy atom. The largest absolute Gasteiger partial charge is 0.493 e. The van der Waals surface area contributed by atoms with Crippen LogP contribution in [-0.2, 0) is 9.59 Å². The Morgan fingerprint density at radius 3 is 2.79 bits per heavy atom. The molecule has 0 aliphatic carbocycles. The molecular weight excluding hydrogens is 473 g/mol. The summed E-state index contributed by atoms with van der Waals surface area (Å²) in [5.41, 5.74) is 6.79. The van der Waals surface area contributed by atoms with E-state index in [0.717, 1.165) is 11.8 Å². The van der Waals surface area contributed by atoms with Gasteiger partial charge in [-0.05, 0) is 30.3 Å². The fourth-order valence-electron chi connectivity index (χ4n) is 3.47. The highest BCUT2D eigenvalue weighted by molar-refractivity contribution is 8.14. The van der Waals surface area contributed by atoms with Gasteiger partial charge in [-0.3, -0.25) is 19.9 Å². The van der Waals surface area contributed by atoms with Crippen LogP contribution in [0.15, 0.2) is 41.4 Å². The number of nitrogens with zero attached hydrogens (tertiary/aromatic N) is 2. The third-order valence-corrected chi connectivity index (χ3v) is 6.33. The minimum Gasteiger partial charge on any atom is -0.493 e. The fraction of sp³-hybridized carbons (Fsp3) is 0.286. The highest BCUT2D eigenvalue weighted by atomic mass is 35.5. The molecule has 174 valence electrons. The van der Waals surface area contributed by atoms with Gasteiger partial charge in [-0.2, -0.15) is 0 Å². The lowest BCUT2D eigenvalue weighted by atomic mass is 10.0. The summed E-state index contributed by atoms with van der Waals surface area (Å²) in [5, 5.41) is 2.98. The first-order valence-corrected chi connectivity index (χ1v) is 11.3. The van der Waals surface area contributed by atoms with Crippen molar-refractivity contribution < 1.29 is 23.5 Å². The van der Waals surface area contributed by atoms with Gasteiger partial charge in [0.05, 0.1) is 36.6 Å². The molecule has 0 saturated carbocycles. The lowest BCUT2D eigenvalue weighted by molar-refractivity contribution is -0.121. The number of rotatable bonds is 6. The molecule has 2 aromatic carbocycles. The summed E-state index contributed by atoms with van der Waals surface area (Å²) in [5.74, 6) is -0.545. The number of nitrogens with one attached hydrogen (secondary N) is 3. The summed E-state index contributed by atoms with van der Waals surface area (Å²) in [7, 11) is 3.03. The molecule has 0 aromatic heterocycles. The first-order valence-electron chi connectivity index (χ1n) is 9.91. The van der Waals surface area contributed by atoms with Gasteiger partial charge >= 0.3 is 0 Å². The van der Waals surface area contributed by atoms with Crippen molar-refractivity contribution in [2.45, 2.75) is 6.17 Å². The number of amidine groups is 1. The number of carbonyl (C=O) groups is 2. The lowest BCUT2D eigenvalue weighted by Crippen LogP contribution is -2.49. The van der Waals surface area contributed by atoms with Crippen LogP contribution in [0.2, 0.25) is 5.02 Å². The molecule has 0 spiro atoms. The number of benzene rings is 2. The average molecular weight is 494 g/mol. The van der Waals surface area contributed by atoms with Gasteiger partial charge in [0.1, 0.15) is 12.0 Å². The molecular formula is C21H21ClFN5O4S. The molecule has 12 heteroatoms. The van der Waals surface area contributed by atoms with Crippen LogP contribution in [0.5, 0.6) is 11.5 Å². The molecule has 2 unspecified atom stereocenters. The van der Waals surface area contributed by atoms with Crippen molar-refractivity contribution in [3.63, 3.8) is 0 Å². The lowest BCUT2D eigenvalue weighted by Gasteiger charge is -2.32. The van der Waals surface area contributed by atoms with Crippen molar-refractivity contribution in [3.05, 3.63) is 47.2 Å². The number of methoxy groups -OCH3 is 2. The molecule has 1 saturated heterocycles. The maximum Gasteiger partial charge on any atom is 0.241 e. The maximum atomic E-state index is 13.7. The molecule has 2 atom stereocenters. The van der Waals surface area contributed by atoms with Gasteiger partial charge < -0.3 is 14.8 Å². The minimum absolute atomic E-state index is 0.0172. The highest BCUT2D eigenvalue weighted by Gasteiger charge is 2.42. The number of hydrogen-bond donors (Lipinski definition) is 3. The van der Waals surface area contributed by atoms with Gasteiger partial charge in [0, 0.05) is 18.3 Å². The summed E-state index contributed by atoms with van der Waals surface area (Å²) in [4.78, 5) is 31.7. The van der Waals surface area contributed by atoms with Crippen molar-refractivity contribution in [1.29, 1.82) is 0 Å². The molecule has 2 amide bonds. The van der Waals surface area contributed by atoms with Crippen LogP contribution >= 0.6 is 23.4 Å². The van der Waals surface area contributed by atoms with E-state index in [-0.39, 0.29) is 22.6 Å². The molecule has 2 aromatic rings. The Hall–Kier alpha value is -2.86. The normalized spacial score (nSPS) is 19.7. The monoisotopic (exact) mass is 493 g/mol. The average Bonchev–Trinajstić information content (AvgIpc) is 3.28. The molecule has 3 N–H and O–H groups in total. The van der Waals surface area contributed by atoms with Gasteiger partial charge in [-0.25, -0.2) is 14.8 Å². The van der Waals surface area contributed by atoms with Gasteiger partial charge in [0.15, 0.2) is 16.7 Å². The molecule has 4 rings (SSSR count). The van der Waals surface area contributed by atoms with Crippen molar-refractivity contribution in [3.8, 4) is 11.5 Å². The third-order valence-electron chi connectivity index (χ3n) is 5.09. The van der Waals surface area contributed by atoms with Gasteiger partial charge in [-0.1, -0.05) is 23.4 Å². The molecule has 2 aliphatic rings. The van der Waals surface area contributed by atoms with E-state index in [1.807, 2.05) is 0 Å². The number of ether oxygens (including phenoxy) is 2. The first kappa shape index (κ1) is 23.3. The van der Waals surface area contributed by atoms with E-state index in [1.165, 1.54) is 37.3 Å². The second-order valence-electron chi connectivity index (χ2n) is 7.17. The molecule has 33 heavy (non-hydrogen) atoms. The van der Waals surface area contributed by atoms with Crippen molar-refractivity contribution >= 4 is 51.7 Å². The van der Waals surface area contributed by atoms with E-state index in [1.54, 1.807) is 18.2 Å². The zero-order chi connectivity index (χ0) is 23.5. The summed E-state index contributed by atoms with van der Waals surface area (Å²) >= 11 is 7.03. The number of amides is 2. The van der Waals surface area contributed by atoms with Crippen LogP contribution in [0.25, 0.3) is 0 Å². The quantitative estimate of drug-likeness (QED) is 0.568. The van der Waals surface area contributed by atoms with Crippen LogP contribution < -0.4 is 30.5 Å². The van der Waals surface area contributed by atoms with Crippen molar-refractivity contribution in [2.75, 3.05) is 36.7 Å². The number of thioether (sulfide) groups is 1. The Labute approximate surface area is 198 Å². The predicted molar refractivity (Wildman–Crippen MR) is 125 cm³/mol. The summed E-state index contributed by atoms with van der Waals surface area (Å²) in [6, 6.07) is 9.03. The Bertz CT molecular complexity index is 1120. The predicted octanol–water partition coefficient (Wildman–Crippen LogP) is 2.62. The Morgan fingerprint density at radius 1 is 1.27 bits per heavy atom. The summed E-state index contributed by atoms with van der Waals surface area (Å²) < 4.78 is 24.1. The molecule has 2 heterocycles. The van der Waals surface area contributed by atoms with Crippen LogP contribution in [0, 0.1) is 11.7 Å². The van der Waals surface area contributed by atoms with E-state index in [4.69, 9.17) is 21.1 Å². The Kier molecular flexibility index (Phi) is 7.03. The number of fused-ring (bicyclic) bond motifs is 1. The fourth-order valence-corrected chi connectivity index (χ4v) is 4.49. The smallest absolute Gasteiger partial charge is 0.241 e. The number of anilines is 2. The molecule has 9 nitrogen and oxygen atoms in total. The van der Waals surface area contributed by atoms with Gasteiger partial charge in [-0.15, -0.1) is 0 Å². The van der Waals surface area contributed by atoms with E-state index >= 15 is 0 Å². The van der Waals surface area contributed by atoms with Crippen molar-refractivity contribution in [1.82, 2.24) is 10.9 Å². The van der Waals surface area contributed by atoms with Gasteiger partial charge in [0.2, 0.25) is 11.8 Å². The number of hydrogen-bond acceptors (Lipinski definition) is 8. The standard InChI is InChI=1S/C21H21ClFN5O4S/c1-31-16-6-3-11(7-17(16)32-2)25-18(29)10-33-21-26-19-13(9-24-27-19)20(30)28(21)12-4-5-15(23)14(22)8-12/h3-8,13,19,24,27H,9-10H2,1-2H3,(H,25,29). The first-order chi connectivity index (χ1) is 15.9. The van der Waals surface area contributed by atoms with Crippen LogP contribution in [0.3, 0.4) is 0 Å². The topological polar surface area (TPSA) is 104 Å². The Balaban J connectivity index is 1.51. The van der Waals surface area contributed by atoms with Crippen molar-refractivity contribution in [2.24, 2.45) is 10.9 Å². The zero-order valence-electron chi connectivity index (χ0n) is 17.7. The number of carbonyl (C=O) groups excluding carboxylic acids is 2. The summed E-state index contributed by atoms with van der Waals surface area (Å²) in [6.07, 6.45) is -0.457. The molecule has 2 aliphatic heterocycles. The SMILES string of the molecule is COc1ccc(NC(=O)CSC2=NC3NNCC3C(=O)N2c2ccc(F)c(Cl)c2)cc1OC. The van der Waals surface area contributed by atoms with Crippen LogP contribution in [0.4, 0.5) is 15.8 Å². The molecule has 0 bridgehead atoms. The van der Waals surface area contributed by atoms with E-state index in [0.29, 0.717) is 34.6 Å². The van der Waals surface area contributed by atoms with E-state index in [2.05, 4.69) is 21.2 Å².